The number of aliphatic imine (C=N–C) groups is 1. The third kappa shape index (κ3) is 4.28. The monoisotopic (exact) mass is 440 g/mol. The number of carbonyl (C=O) groups is 1. The van der Waals surface area contributed by atoms with E-state index in [1.54, 1.807) is 4.90 Å². The minimum atomic E-state index is -0.0349. The number of anilines is 1. The Kier molecular flexibility index (Phi) is 6.33. The van der Waals surface area contributed by atoms with E-state index in [0.29, 0.717) is 10.1 Å². The summed E-state index contributed by atoms with van der Waals surface area (Å²) in [6.07, 6.45) is 2.97. The van der Waals surface area contributed by atoms with E-state index >= 15 is 0 Å². The van der Waals surface area contributed by atoms with Crippen LogP contribution in [0.15, 0.2) is 70.6 Å². The van der Waals surface area contributed by atoms with Crippen LogP contribution in [0.4, 0.5) is 11.4 Å². The largest absolute Gasteiger partial charge is 0.271 e. The van der Waals surface area contributed by atoms with Crippen LogP contribution in [0.25, 0.3) is 6.08 Å². The van der Waals surface area contributed by atoms with Crippen LogP contribution >= 0.6 is 11.8 Å². The van der Waals surface area contributed by atoms with E-state index in [1.165, 1.54) is 22.9 Å². The van der Waals surface area contributed by atoms with Crippen molar-refractivity contribution in [3.63, 3.8) is 0 Å². The van der Waals surface area contributed by atoms with E-state index < -0.39 is 0 Å². The van der Waals surface area contributed by atoms with Gasteiger partial charge in [-0.3, -0.25) is 9.69 Å². The maximum absolute atomic E-state index is 13.6. The molecular weight excluding hydrogens is 412 g/mol. The van der Waals surface area contributed by atoms with Crippen molar-refractivity contribution in [1.29, 1.82) is 0 Å². The number of hydrogen-bond acceptors (Lipinski definition) is 3. The maximum Gasteiger partial charge on any atom is 0.271 e. The number of rotatable bonds is 4. The summed E-state index contributed by atoms with van der Waals surface area (Å²) in [5.74, 6) is -0.0349. The molecule has 1 saturated heterocycles. The van der Waals surface area contributed by atoms with Gasteiger partial charge < -0.3 is 0 Å². The van der Waals surface area contributed by atoms with Crippen molar-refractivity contribution in [3.8, 4) is 0 Å². The molecule has 3 aromatic carbocycles. The van der Waals surface area contributed by atoms with Crippen molar-refractivity contribution in [1.82, 2.24) is 0 Å². The molecule has 0 atom stereocenters. The first kappa shape index (κ1) is 22.1. The predicted octanol–water partition coefficient (Wildman–Crippen LogP) is 7.29. The summed E-state index contributed by atoms with van der Waals surface area (Å²) in [5.41, 5.74) is 8.63. The summed E-state index contributed by atoms with van der Waals surface area (Å²) in [7, 11) is 0. The van der Waals surface area contributed by atoms with Gasteiger partial charge >= 0.3 is 0 Å². The van der Waals surface area contributed by atoms with Gasteiger partial charge in [-0.1, -0.05) is 55.5 Å². The van der Waals surface area contributed by atoms with Gasteiger partial charge in [0.15, 0.2) is 5.17 Å². The lowest BCUT2D eigenvalue weighted by Gasteiger charge is -2.19. The molecule has 32 heavy (non-hydrogen) atoms. The summed E-state index contributed by atoms with van der Waals surface area (Å²) in [5, 5.41) is 0.689. The number of amides is 1. The van der Waals surface area contributed by atoms with Gasteiger partial charge in [0.2, 0.25) is 0 Å². The van der Waals surface area contributed by atoms with E-state index in [9.17, 15) is 4.79 Å². The van der Waals surface area contributed by atoms with Crippen LogP contribution in [0.1, 0.15) is 40.3 Å². The Morgan fingerprint density at radius 1 is 0.875 bits per heavy atom. The zero-order valence-electron chi connectivity index (χ0n) is 19.3. The lowest BCUT2D eigenvalue weighted by atomic mass is 10.1. The van der Waals surface area contributed by atoms with Crippen LogP contribution in [0.3, 0.4) is 0 Å². The van der Waals surface area contributed by atoms with Gasteiger partial charge in [-0.2, -0.15) is 0 Å². The molecule has 0 bridgehead atoms. The van der Waals surface area contributed by atoms with Crippen LogP contribution in [0, 0.1) is 27.7 Å². The van der Waals surface area contributed by atoms with Crippen LogP contribution in [0.5, 0.6) is 0 Å². The molecule has 1 amide bonds. The molecule has 0 saturated carbocycles. The summed E-state index contributed by atoms with van der Waals surface area (Å²) in [6.45, 7) is 10.4. The quantitative estimate of drug-likeness (QED) is 0.399. The standard InChI is InChI=1S/C28H28N2OS/c1-6-22-13-15-23(16-14-22)17-26-27(31)30(25-12-8-10-19(3)21(25)5)28(32-26)29-24-11-7-9-18(2)20(24)4/h7-17H,6H2,1-5H3/b26-17+,29-28?. The second-order valence-electron chi connectivity index (χ2n) is 8.18. The van der Waals surface area contributed by atoms with Crippen molar-refractivity contribution < 1.29 is 4.79 Å². The molecule has 3 nitrogen and oxygen atoms in total. The van der Waals surface area contributed by atoms with Gasteiger partial charge in [0, 0.05) is 0 Å². The highest BCUT2D eigenvalue weighted by Gasteiger charge is 2.35. The Labute approximate surface area is 194 Å². The molecule has 1 heterocycles. The Balaban J connectivity index is 1.82. The number of benzene rings is 3. The van der Waals surface area contributed by atoms with E-state index in [2.05, 4.69) is 71.0 Å². The molecule has 4 rings (SSSR count). The lowest BCUT2D eigenvalue weighted by Crippen LogP contribution is -2.29. The zero-order chi connectivity index (χ0) is 22.8. The first-order valence-electron chi connectivity index (χ1n) is 10.9. The lowest BCUT2D eigenvalue weighted by molar-refractivity contribution is -0.113. The minimum absolute atomic E-state index is 0.0349. The van der Waals surface area contributed by atoms with Crippen molar-refractivity contribution in [2.75, 3.05) is 4.90 Å². The normalized spacial score (nSPS) is 16.4. The third-order valence-electron chi connectivity index (χ3n) is 6.10. The molecule has 0 aromatic heterocycles. The van der Waals surface area contributed by atoms with E-state index in [1.807, 2.05) is 30.3 Å². The average Bonchev–Trinajstić information content (AvgIpc) is 3.08. The second-order valence-corrected chi connectivity index (χ2v) is 9.19. The molecule has 0 radical (unpaired) electrons. The Bertz CT molecular complexity index is 1240. The van der Waals surface area contributed by atoms with Crippen molar-refractivity contribution in [3.05, 3.63) is 98.9 Å². The van der Waals surface area contributed by atoms with Crippen LogP contribution in [0.2, 0.25) is 0 Å². The number of hydrogen-bond donors (Lipinski definition) is 0. The summed E-state index contributed by atoms with van der Waals surface area (Å²) < 4.78 is 0. The van der Waals surface area contributed by atoms with Crippen LogP contribution in [-0.2, 0) is 11.2 Å². The highest BCUT2D eigenvalue weighted by Crippen LogP contribution is 2.39. The number of aryl methyl sites for hydroxylation is 3. The molecule has 4 heteroatoms. The summed E-state index contributed by atoms with van der Waals surface area (Å²) in [4.78, 5) is 21.0. The van der Waals surface area contributed by atoms with Gasteiger partial charge in [0.25, 0.3) is 5.91 Å². The molecule has 1 fully saturated rings. The van der Waals surface area contributed by atoms with Crippen LogP contribution < -0.4 is 4.90 Å². The highest BCUT2D eigenvalue weighted by molar-refractivity contribution is 8.19. The molecule has 0 spiro atoms. The van der Waals surface area contributed by atoms with E-state index in [4.69, 9.17) is 4.99 Å². The molecule has 3 aromatic rings. The number of amidine groups is 1. The van der Waals surface area contributed by atoms with Crippen molar-refractivity contribution >= 4 is 40.3 Å². The van der Waals surface area contributed by atoms with Gasteiger partial charge in [-0.25, -0.2) is 4.99 Å². The smallest absolute Gasteiger partial charge is 0.268 e. The molecule has 0 N–H and O–H groups in total. The summed E-state index contributed by atoms with van der Waals surface area (Å²) in [6, 6.07) is 20.5. The molecule has 162 valence electrons. The van der Waals surface area contributed by atoms with Gasteiger partial charge in [-0.15, -0.1) is 0 Å². The fraction of sp³-hybridized carbons (Fsp3) is 0.214. The predicted molar refractivity (Wildman–Crippen MR) is 138 cm³/mol. The SMILES string of the molecule is CCc1ccc(/C=C2/SC(=Nc3cccc(C)c3C)N(c3cccc(C)c3C)C2=O)cc1. The minimum Gasteiger partial charge on any atom is -0.268 e. The highest BCUT2D eigenvalue weighted by atomic mass is 32.2. The van der Waals surface area contributed by atoms with Crippen molar-refractivity contribution in [2.24, 2.45) is 4.99 Å². The number of thioether (sulfide) groups is 1. The average molecular weight is 441 g/mol. The fourth-order valence-corrected chi connectivity index (χ4v) is 4.69. The molecule has 1 aliphatic heterocycles. The van der Waals surface area contributed by atoms with Gasteiger partial charge in [0.05, 0.1) is 16.3 Å². The second kappa shape index (κ2) is 9.17. The maximum atomic E-state index is 13.6. The molecule has 1 aliphatic rings. The molecule has 0 unspecified atom stereocenters. The number of carbonyl (C=O) groups excluding carboxylic acids is 1. The van der Waals surface area contributed by atoms with Gasteiger partial charge in [0.1, 0.15) is 0 Å². The zero-order valence-corrected chi connectivity index (χ0v) is 20.1. The molecule has 0 aliphatic carbocycles. The Hall–Kier alpha value is -3.11. The number of nitrogens with zero attached hydrogens (tertiary/aromatic N) is 2. The third-order valence-corrected chi connectivity index (χ3v) is 7.07. The fourth-order valence-electron chi connectivity index (χ4n) is 3.70. The first-order valence-corrected chi connectivity index (χ1v) is 11.7. The Morgan fingerprint density at radius 3 is 2.22 bits per heavy atom. The van der Waals surface area contributed by atoms with Gasteiger partial charge in [-0.05, 0) is 97.5 Å². The summed E-state index contributed by atoms with van der Waals surface area (Å²) >= 11 is 1.44. The topological polar surface area (TPSA) is 32.7 Å². The van der Waals surface area contributed by atoms with E-state index in [0.717, 1.165) is 40.0 Å². The Morgan fingerprint density at radius 2 is 1.53 bits per heavy atom. The first-order chi connectivity index (χ1) is 15.4. The van der Waals surface area contributed by atoms with E-state index in [-0.39, 0.29) is 5.91 Å². The van der Waals surface area contributed by atoms with Crippen molar-refractivity contribution in [2.45, 2.75) is 41.0 Å². The van der Waals surface area contributed by atoms with Crippen LogP contribution in [-0.4, -0.2) is 11.1 Å². The molecular formula is C28H28N2OS.